The summed E-state index contributed by atoms with van der Waals surface area (Å²) in [6.45, 7) is 0. The third-order valence-electron chi connectivity index (χ3n) is 3.31. The van der Waals surface area contributed by atoms with E-state index in [4.69, 9.17) is 21.7 Å². The highest BCUT2D eigenvalue weighted by molar-refractivity contribution is 7.71. The Kier molecular flexibility index (Phi) is 3.93. The maximum absolute atomic E-state index is 5.18. The molecule has 0 aliphatic rings. The van der Waals surface area contributed by atoms with Crippen LogP contribution in [-0.2, 0) is 0 Å². The van der Waals surface area contributed by atoms with Gasteiger partial charge in [-0.1, -0.05) is 0 Å². The van der Waals surface area contributed by atoms with Gasteiger partial charge in [-0.05, 0) is 60.7 Å². The van der Waals surface area contributed by atoms with Crippen LogP contribution < -0.4 is 9.47 Å². The molecule has 6 heteroatoms. The van der Waals surface area contributed by atoms with Crippen molar-refractivity contribution in [3.8, 4) is 28.6 Å². The summed E-state index contributed by atoms with van der Waals surface area (Å²) in [5, 5.41) is 3.07. The predicted molar refractivity (Wildman–Crippen MR) is 87.3 cm³/mol. The van der Waals surface area contributed by atoms with E-state index in [1.54, 1.807) is 14.2 Å². The molecule has 0 aliphatic carbocycles. The Morgan fingerprint density at radius 2 is 1.45 bits per heavy atom. The third-order valence-corrected chi connectivity index (χ3v) is 3.49. The van der Waals surface area contributed by atoms with Crippen LogP contribution in [0.15, 0.2) is 48.5 Å². The molecule has 3 rings (SSSR count). The summed E-state index contributed by atoms with van der Waals surface area (Å²) in [5.74, 6) is 2.35. The zero-order valence-electron chi connectivity index (χ0n) is 12.2. The van der Waals surface area contributed by atoms with E-state index in [9.17, 15) is 0 Å². The normalized spacial score (nSPS) is 10.5. The molecule has 22 heavy (non-hydrogen) atoms. The standard InChI is InChI=1S/C16H15N3O2S/c1-20-13-7-3-11(4-8-13)15-17-16(22)18-19(15)12-5-9-14(21-2)10-6-12/h3-10H,1-2H3,(H,18,22). The molecule has 0 aliphatic heterocycles. The monoisotopic (exact) mass is 313 g/mol. The number of rotatable bonds is 4. The molecule has 2 aromatic carbocycles. The van der Waals surface area contributed by atoms with E-state index in [0.717, 1.165) is 28.6 Å². The lowest BCUT2D eigenvalue weighted by Crippen LogP contribution is -1.99. The fourth-order valence-electron chi connectivity index (χ4n) is 2.17. The van der Waals surface area contributed by atoms with Gasteiger partial charge in [0.1, 0.15) is 11.5 Å². The molecule has 1 N–H and O–H groups in total. The molecule has 0 fully saturated rings. The van der Waals surface area contributed by atoms with Crippen molar-refractivity contribution >= 4 is 12.2 Å². The molecule has 1 aromatic heterocycles. The van der Waals surface area contributed by atoms with Gasteiger partial charge in [0, 0.05) is 5.56 Å². The number of ether oxygens (including phenoxy) is 2. The number of aromatic amines is 1. The molecule has 0 bridgehead atoms. The second kappa shape index (κ2) is 6.03. The average molecular weight is 313 g/mol. The number of nitrogens with one attached hydrogen (secondary N) is 1. The minimum atomic E-state index is 0.432. The first-order valence-electron chi connectivity index (χ1n) is 6.69. The minimum Gasteiger partial charge on any atom is -0.497 e. The first-order chi connectivity index (χ1) is 10.7. The number of methoxy groups -OCH3 is 2. The maximum Gasteiger partial charge on any atom is 0.214 e. The van der Waals surface area contributed by atoms with Crippen LogP contribution in [0.2, 0.25) is 0 Å². The Morgan fingerprint density at radius 1 is 0.909 bits per heavy atom. The Hall–Kier alpha value is -2.60. The zero-order chi connectivity index (χ0) is 15.5. The largest absolute Gasteiger partial charge is 0.497 e. The van der Waals surface area contributed by atoms with Crippen LogP contribution in [0.25, 0.3) is 17.1 Å². The smallest absolute Gasteiger partial charge is 0.214 e. The zero-order valence-corrected chi connectivity index (χ0v) is 13.1. The van der Waals surface area contributed by atoms with Crippen LogP contribution in [0.1, 0.15) is 0 Å². The molecule has 0 saturated carbocycles. The number of hydrogen-bond acceptors (Lipinski definition) is 4. The first-order valence-corrected chi connectivity index (χ1v) is 7.10. The van der Waals surface area contributed by atoms with E-state index in [-0.39, 0.29) is 0 Å². The quantitative estimate of drug-likeness (QED) is 0.748. The van der Waals surface area contributed by atoms with Crippen LogP contribution in [-0.4, -0.2) is 29.0 Å². The molecule has 5 nitrogen and oxygen atoms in total. The molecular formula is C16H15N3O2S. The van der Waals surface area contributed by atoms with Gasteiger partial charge in [0.15, 0.2) is 5.82 Å². The van der Waals surface area contributed by atoms with Crippen LogP contribution >= 0.6 is 12.2 Å². The van der Waals surface area contributed by atoms with Crippen molar-refractivity contribution in [2.75, 3.05) is 14.2 Å². The lowest BCUT2D eigenvalue weighted by atomic mass is 10.2. The summed E-state index contributed by atoms with van der Waals surface area (Å²) in [5.41, 5.74) is 1.87. The van der Waals surface area contributed by atoms with Crippen molar-refractivity contribution in [2.45, 2.75) is 0 Å². The van der Waals surface area contributed by atoms with E-state index in [0.29, 0.717) is 4.77 Å². The van der Waals surface area contributed by atoms with Crippen molar-refractivity contribution in [2.24, 2.45) is 0 Å². The lowest BCUT2D eigenvalue weighted by Gasteiger charge is -2.08. The molecule has 0 radical (unpaired) electrons. The topological polar surface area (TPSA) is 52.1 Å². The highest BCUT2D eigenvalue weighted by Gasteiger charge is 2.10. The van der Waals surface area contributed by atoms with Gasteiger partial charge in [0.2, 0.25) is 4.77 Å². The summed E-state index contributed by atoms with van der Waals surface area (Å²) in [6.07, 6.45) is 0. The highest BCUT2D eigenvalue weighted by atomic mass is 32.1. The van der Waals surface area contributed by atoms with Gasteiger partial charge < -0.3 is 9.47 Å². The minimum absolute atomic E-state index is 0.432. The Bertz CT molecular complexity index is 752. The molecule has 112 valence electrons. The molecule has 0 atom stereocenters. The summed E-state index contributed by atoms with van der Waals surface area (Å²) < 4.78 is 12.6. The van der Waals surface area contributed by atoms with Crippen LogP contribution in [0.5, 0.6) is 11.5 Å². The van der Waals surface area contributed by atoms with Gasteiger partial charge in [-0.25, -0.2) is 4.68 Å². The predicted octanol–water partition coefficient (Wildman–Crippen LogP) is 3.61. The van der Waals surface area contributed by atoms with Crippen molar-refractivity contribution < 1.29 is 9.47 Å². The summed E-state index contributed by atoms with van der Waals surface area (Å²) in [7, 11) is 3.28. The van der Waals surface area contributed by atoms with E-state index >= 15 is 0 Å². The molecule has 0 spiro atoms. The van der Waals surface area contributed by atoms with E-state index in [1.165, 1.54) is 0 Å². The fourth-order valence-corrected chi connectivity index (χ4v) is 2.35. The number of nitrogens with zero attached hydrogens (tertiary/aromatic N) is 2. The Balaban J connectivity index is 2.06. The van der Waals surface area contributed by atoms with Crippen molar-refractivity contribution in [3.05, 3.63) is 53.3 Å². The second-order valence-corrected chi connectivity index (χ2v) is 5.00. The van der Waals surface area contributed by atoms with Gasteiger partial charge in [0.25, 0.3) is 0 Å². The maximum atomic E-state index is 5.18. The molecule has 0 unspecified atom stereocenters. The Labute approximate surface area is 133 Å². The molecule has 0 amide bonds. The summed E-state index contributed by atoms with van der Waals surface area (Å²) in [4.78, 5) is 4.41. The van der Waals surface area contributed by atoms with Crippen molar-refractivity contribution in [3.63, 3.8) is 0 Å². The average Bonchev–Trinajstić information content (AvgIpc) is 2.97. The molecule has 3 aromatic rings. The lowest BCUT2D eigenvalue weighted by molar-refractivity contribution is 0.414. The van der Waals surface area contributed by atoms with Crippen LogP contribution in [0.4, 0.5) is 0 Å². The van der Waals surface area contributed by atoms with Gasteiger partial charge in [-0.3, -0.25) is 5.10 Å². The van der Waals surface area contributed by atoms with Crippen molar-refractivity contribution in [1.82, 2.24) is 14.8 Å². The van der Waals surface area contributed by atoms with Gasteiger partial charge in [-0.2, -0.15) is 4.98 Å². The number of H-pyrrole nitrogens is 1. The van der Waals surface area contributed by atoms with Crippen LogP contribution in [0.3, 0.4) is 0 Å². The van der Waals surface area contributed by atoms with Crippen LogP contribution in [0, 0.1) is 4.77 Å². The Morgan fingerprint density at radius 3 is 2.00 bits per heavy atom. The van der Waals surface area contributed by atoms with E-state index in [1.807, 2.05) is 53.2 Å². The highest BCUT2D eigenvalue weighted by Crippen LogP contribution is 2.24. The van der Waals surface area contributed by atoms with Gasteiger partial charge in [0.05, 0.1) is 19.9 Å². The van der Waals surface area contributed by atoms with Gasteiger partial charge in [-0.15, -0.1) is 0 Å². The summed E-state index contributed by atoms with van der Waals surface area (Å²) in [6, 6.07) is 15.4. The van der Waals surface area contributed by atoms with E-state index in [2.05, 4.69) is 10.1 Å². The SMILES string of the molecule is COc1ccc(-c2nc(=S)[nH]n2-c2ccc(OC)cc2)cc1. The third kappa shape index (κ3) is 2.73. The summed E-state index contributed by atoms with van der Waals surface area (Å²) >= 11 is 5.18. The fraction of sp³-hybridized carbons (Fsp3) is 0.125. The first kappa shape index (κ1) is 14.3. The molecule has 0 saturated heterocycles. The van der Waals surface area contributed by atoms with Crippen molar-refractivity contribution in [1.29, 1.82) is 0 Å². The van der Waals surface area contributed by atoms with E-state index < -0.39 is 0 Å². The second-order valence-electron chi connectivity index (χ2n) is 4.61. The number of aromatic nitrogens is 3. The molecular weight excluding hydrogens is 298 g/mol. The molecule has 1 heterocycles. The number of hydrogen-bond donors (Lipinski definition) is 1. The van der Waals surface area contributed by atoms with Gasteiger partial charge >= 0.3 is 0 Å². The number of benzene rings is 2.